The topological polar surface area (TPSA) is 56.5 Å². The second-order valence-corrected chi connectivity index (χ2v) is 5.35. The van der Waals surface area contributed by atoms with Crippen molar-refractivity contribution in [2.75, 3.05) is 27.8 Å². The lowest BCUT2D eigenvalue weighted by Gasteiger charge is -2.28. The molecule has 0 aromatic heterocycles. The molecule has 1 aromatic carbocycles. The van der Waals surface area contributed by atoms with Gasteiger partial charge in [-0.1, -0.05) is 0 Å². The molecule has 1 saturated carbocycles. The van der Waals surface area contributed by atoms with E-state index in [1.54, 1.807) is 14.2 Å². The Morgan fingerprint density at radius 3 is 2.26 bits per heavy atom. The number of rotatable bonds is 6. The van der Waals surface area contributed by atoms with Gasteiger partial charge in [-0.05, 0) is 56.6 Å². The van der Waals surface area contributed by atoms with Gasteiger partial charge >= 0.3 is 0 Å². The predicted molar refractivity (Wildman–Crippen MR) is 76.8 cm³/mol. The molecule has 4 heteroatoms. The van der Waals surface area contributed by atoms with Crippen LogP contribution in [0.4, 0.5) is 0 Å². The van der Waals surface area contributed by atoms with Gasteiger partial charge in [-0.25, -0.2) is 0 Å². The maximum Gasteiger partial charge on any atom is 0.161 e. The van der Waals surface area contributed by atoms with Crippen LogP contribution in [0.15, 0.2) is 12.1 Å². The van der Waals surface area contributed by atoms with E-state index in [0.717, 1.165) is 11.5 Å². The molecule has 106 valence electrons. The third-order valence-electron chi connectivity index (χ3n) is 4.28. The van der Waals surface area contributed by atoms with Gasteiger partial charge in [-0.3, -0.25) is 0 Å². The number of aryl methyl sites for hydroxylation is 1. The van der Waals surface area contributed by atoms with Gasteiger partial charge in [0.1, 0.15) is 0 Å². The fraction of sp³-hybridized carbons (Fsp3) is 0.600. The Bertz CT molecular complexity index is 456. The van der Waals surface area contributed by atoms with Gasteiger partial charge in [0.2, 0.25) is 0 Å². The minimum Gasteiger partial charge on any atom is -0.493 e. The third kappa shape index (κ3) is 2.42. The number of ether oxygens (including phenoxy) is 2. The van der Waals surface area contributed by atoms with Crippen molar-refractivity contribution >= 4 is 0 Å². The molecular weight excluding hydrogens is 240 g/mol. The molecule has 1 atom stereocenters. The number of benzene rings is 1. The summed E-state index contributed by atoms with van der Waals surface area (Å²) in [6.07, 6.45) is 2.37. The molecule has 0 aliphatic heterocycles. The summed E-state index contributed by atoms with van der Waals surface area (Å²) in [5.41, 5.74) is 8.63. The Morgan fingerprint density at radius 1 is 1.26 bits per heavy atom. The molecule has 3 N–H and O–H groups in total. The first-order valence-electron chi connectivity index (χ1n) is 6.71. The van der Waals surface area contributed by atoms with Gasteiger partial charge in [0.05, 0.1) is 14.2 Å². The van der Waals surface area contributed by atoms with E-state index in [2.05, 4.69) is 18.3 Å². The van der Waals surface area contributed by atoms with Crippen molar-refractivity contribution in [2.24, 2.45) is 11.1 Å². The summed E-state index contributed by atoms with van der Waals surface area (Å²) >= 11 is 0. The standard InChI is InChI=1S/C15H24N2O2/c1-10-7-12(18-3)13(19-4)8-11(10)14(17-2)15(9-16)5-6-15/h7-8,14,17H,5-6,9,16H2,1-4H3. The molecule has 0 amide bonds. The number of hydrogen-bond donors (Lipinski definition) is 2. The maximum absolute atomic E-state index is 5.96. The van der Waals surface area contributed by atoms with Crippen molar-refractivity contribution in [1.82, 2.24) is 5.32 Å². The highest BCUT2D eigenvalue weighted by molar-refractivity contribution is 5.48. The highest BCUT2D eigenvalue weighted by Crippen LogP contribution is 2.55. The van der Waals surface area contributed by atoms with Crippen LogP contribution < -0.4 is 20.5 Å². The molecule has 1 aromatic rings. The lowest BCUT2D eigenvalue weighted by molar-refractivity contribution is 0.345. The van der Waals surface area contributed by atoms with Crippen LogP contribution in [0.25, 0.3) is 0 Å². The van der Waals surface area contributed by atoms with Gasteiger partial charge < -0.3 is 20.5 Å². The summed E-state index contributed by atoms with van der Waals surface area (Å²) in [5.74, 6) is 1.55. The zero-order valence-electron chi connectivity index (χ0n) is 12.2. The molecule has 0 radical (unpaired) electrons. The van der Waals surface area contributed by atoms with Crippen molar-refractivity contribution < 1.29 is 9.47 Å². The average Bonchev–Trinajstić information content (AvgIpc) is 3.22. The monoisotopic (exact) mass is 264 g/mol. The Labute approximate surface area is 115 Å². The smallest absolute Gasteiger partial charge is 0.161 e. The largest absolute Gasteiger partial charge is 0.493 e. The van der Waals surface area contributed by atoms with Gasteiger partial charge in [-0.2, -0.15) is 0 Å². The highest BCUT2D eigenvalue weighted by atomic mass is 16.5. The summed E-state index contributed by atoms with van der Waals surface area (Å²) < 4.78 is 10.8. The van der Waals surface area contributed by atoms with Crippen molar-refractivity contribution in [1.29, 1.82) is 0 Å². The van der Waals surface area contributed by atoms with Crippen molar-refractivity contribution in [3.05, 3.63) is 23.3 Å². The molecule has 1 fully saturated rings. The maximum atomic E-state index is 5.96. The zero-order chi connectivity index (χ0) is 14.0. The fourth-order valence-electron chi connectivity index (χ4n) is 2.87. The first-order chi connectivity index (χ1) is 9.11. The molecule has 1 aliphatic carbocycles. The molecule has 19 heavy (non-hydrogen) atoms. The lowest BCUT2D eigenvalue weighted by Crippen LogP contribution is -2.32. The Hall–Kier alpha value is -1.26. The van der Waals surface area contributed by atoms with E-state index in [9.17, 15) is 0 Å². The van der Waals surface area contributed by atoms with E-state index in [4.69, 9.17) is 15.2 Å². The van der Waals surface area contributed by atoms with Crippen LogP contribution in [-0.4, -0.2) is 27.8 Å². The van der Waals surface area contributed by atoms with E-state index < -0.39 is 0 Å². The van der Waals surface area contributed by atoms with Crippen molar-refractivity contribution in [3.63, 3.8) is 0 Å². The quantitative estimate of drug-likeness (QED) is 0.825. The molecule has 4 nitrogen and oxygen atoms in total. The molecule has 1 aliphatic rings. The van der Waals surface area contributed by atoms with E-state index >= 15 is 0 Å². The molecule has 1 unspecified atom stereocenters. The van der Waals surface area contributed by atoms with Crippen LogP contribution >= 0.6 is 0 Å². The van der Waals surface area contributed by atoms with Crippen LogP contribution in [0, 0.1) is 12.3 Å². The van der Waals surface area contributed by atoms with Crippen LogP contribution in [-0.2, 0) is 0 Å². The predicted octanol–water partition coefficient (Wildman–Crippen LogP) is 2.01. The molecule has 2 rings (SSSR count). The summed E-state index contributed by atoms with van der Waals surface area (Å²) in [4.78, 5) is 0. The molecule has 0 bridgehead atoms. The van der Waals surface area contributed by atoms with Gasteiger partial charge in [0.25, 0.3) is 0 Å². The number of methoxy groups -OCH3 is 2. The van der Waals surface area contributed by atoms with Crippen molar-refractivity contribution in [2.45, 2.75) is 25.8 Å². The summed E-state index contributed by atoms with van der Waals surface area (Å²) in [7, 11) is 5.33. The van der Waals surface area contributed by atoms with Crippen LogP contribution in [0.3, 0.4) is 0 Å². The second-order valence-electron chi connectivity index (χ2n) is 5.35. The van der Waals surface area contributed by atoms with Crippen LogP contribution in [0.5, 0.6) is 11.5 Å². The van der Waals surface area contributed by atoms with Crippen molar-refractivity contribution in [3.8, 4) is 11.5 Å². The highest BCUT2D eigenvalue weighted by Gasteiger charge is 2.48. The molecule has 0 spiro atoms. The van der Waals surface area contributed by atoms with E-state index in [1.165, 1.54) is 24.0 Å². The number of nitrogens with one attached hydrogen (secondary N) is 1. The van der Waals surface area contributed by atoms with Crippen LogP contribution in [0.2, 0.25) is 0 Å². The summed E-state index contributed by atoms with van der Waals surface area (Å²) in [6.45, 7) is 2.82. The Morgan fingerprint density at radius 2 is 1.84 bits per heavy atom. The minimum atomic E-state index is 0.207. The summed E-state index contributed by atoms with van der Waals surface area (Å²) in [6, 6.07) is 4.38. The van der Waals surface area contributed by atoms with E-state index in [-0.39, 0.29) is 11.5 Å². The summed E-state index contributed by atoms with van der Waals surface area (Å²) in [5, 5.41) is 3.43. The van der Waals surface area contributed by atoms with Crippen LogP contribution in [0.1, 0.15) is 30.0 Å². The first-order valence-corrected chi connectivity index (χ1v) is 6.71. The number of nitrogens with two attached hydrogens (primary N) is 1. The first kappa shape index (κ1) is 14.2. The number of hydrogen-bond acceptors (Lipinski definition) is 4. The van der Waals surface area contributed by atoms with Gasteiger partial charge in [0, 0.05) is 11.5 Å². The van der Waals surface area contributed by atoms with E-state index in [1.807, 2.05) is 13.1 Å². The van der Waals surface area contributed by atoms with E-state index in [0.29, 0.717) is 6.54 Å². The Balaban J connectivity index is 2.43. The fourth-order valence-corrected chi connectivity index (χ4v) is 2.87. The average molecular weight is 264 g/mol. The third-order valence-corrected chi connectivity index (χ3v) is 4.28. The SMILES string of the molecule is CNC(c1cc(OC)c(OC)cc1C)C1(CN)CC1. The minimum absolute atomic E-state index is 0.207. The molecular formula is C15H24N2O2. The van der Waals surface area contributed by atoms with Gasteiger partial charge in [-0.15, -0.1) is 0 Å². The zero-order valence-corrected chi connectivity index (χ0v) is 12.2. The lowest BCUT2D eigenvalue weighted by atomic mass is 9.87. The molecule has 0 saturated heterocycles. The molecule has 0 heterocycles. The van der Waals surface area contributed by atoms with Gasteiger partial charge in [0.15, 0.2) is 11.5 Å². The second kappa shape index (κ2) is 5.39. The Kier molecular flexibility index (Phi) is 4.02. The normalized spacial score (nSPS) is 17.9.